The zero-order valence-corrected chi connectivity index (χ0v) is 13.9. The molecule has 3 rings (SSSR count). The van der Waals surface area contributed by atoms with Crippen molar-refractivity contribution in [1.82, 2.24) is 4.90 Å². The summed E-state index contributed by atoms with van der Waals surface area (Å²) in [6.07, 6.45) is 2.79. The molecule has 0 saturated carbocycles. The first kappa shape index (κ1) is 14.6. The van der Waals surface area contributed by atoms with Crippen LogP contribution in [-0.2, 0) is 9.59 Å². The minimum atomic E-state index is -0.429. The smallest absolute Gasteiger partial charge is 0.250 e. The maximum absolute atomic E-state index is 12.8. The van der Waals surface area contributed by atoms with Gasteiger partial charge in [-0.15, -0.1) is 0 Å². The van der Waals surface area contributed by atoms with E-state index in [-0.39, 0.29) is 17.9 Å². The number of hydrogen-bond donors (Lipinski definition) is 0. The number of fused-ring (bicyclic) bond motifs is 1. The first-order chi connectivity index (χ1) is 10.0. The van der Waals surface area contributed by atoms with Gasteiger partial charge in [-0.1, -0.05) is 22.0 Å². The molecule has 0 bridgehead atoms. The summed E-state index contributed by atoms with van der Waals surface area (Å²) in [6.45, 7) is 4.53. The Bertz CT molecular complexity index is 602. The van der Waals surface area contributed by atoms with Gasteiger partial charge in [-0.05, 0) is 50.8 Å². The van der Waals surface area contributed by atoms with Crippen molar-refractivity contribution in [3.63, 3.8) is 0 Å². The number of aryl methyl sites for hydroxylation is 1. The van der Waals surface area contributed by atoms with Gasteiger partial charge >= 0.3 is 0 Å². The highest BCUT2D eigenvalue weighted by Crippen LogP contribution is 2.32. The second kappa shape index (κ2) is 5.44. The Hall–Kier alpha value is -1.36. The zero-order valence-electron chi connectivity index (χ0n) is 12.3. The van der Waals surface area contributed by atoms with Crippen molar-refractivity contribution in [2.45, 2.75) is 45.2 Å². The molecule has 2 amide bonds. The molecule has 0 aromatic heterocycles. The summed E-state index contributed by atoms with van der Waals surface area (Å²) in [4.78, 5) is 28.8. The van der Waals surface area contributed by atoms with E-state index in [1.807, 2.05) is 32.0 Å². The Morgan fingerprint density at radius 1 is 1.19 bits per heavy atom. The Labute approximate surface area is 133 Å². The minimum absolute atomic E-state index is 0.0533. The van der Waals surface area contributed by atoms with E-state index in [9.17, 15) is 9.59 Å². The molecule has 0 N–H and O–H groups in total. The monoisotopic (exact) mass is 350 g/mol. The van der Waals surface area contributed by atoms with Gasteiger partial charge in [-0.2, -0.15) is 0 Å². The molecule has 2 unspecified atom stereocenters. The van der Waals surface area contributed by atoms with Gasteiger partial charge in [0, 0.05) is 16.7 Å². The lowest BCUT2D eigenvalue weighted by Crippen LogP contribution is -2.65. The molecule has 4 nitrogen and oxygen atoms in total. The van der Waals surface area contributed by atoms with Crippen LogP contribution in [0.2, 0.25) is 0 Å². The van der Waals surface area contributed by atoms with Crippen LogP contribution in [0.5, 0.6) is 0 Å². The Kier molecular flexibility index (Phi) is 3.78. The van der Waals surface area contributed by atoms with E-state index in [1.165, 1.54) is 0 Å². The normalized spacial score (nSPS) is 26.0. The summed E-state index contributed by atoms with van der Waals surface area (Å²) in [7, 11) is 0. The number of piperazine rings is 1. The average Bonchev–Trinajstić information content (AvgIpc) is 2.49. The molecular weight excluding hydrogens is 332 g/mol. The second-order valence-corrected chi connectivity index (χ2v) is 6.72. The van der Waals surface area contributed by atoms with E-state index >= 15 is 0 Å². The highest BCUT2D eigenvalue weighted by atomic mass is 79.9. The molecule has 2 atom stereocenters. The van der Waals surface area contributed by atoms with Gasteiger partial charge in [0.15, 0.2) is 0 Å². The zero-order chi connectivity index (χ0) is 15.1. The van der Waals surface area contributed by atoms with E-state index in [2.05, 4.69) is 15.9 Å². The average molecular weight is 351 g/mol. The van der Waals surface area contributed by atoms with Crippen LogP contribution in [0.1, 0.15) is 31.7 Å². The lowest BCUT2D eigenvalue weighted by Gasteiger charge is -2.46. The lowest BCUT2D eigenvalue weighted by atomic mass is 9.95. The highest BCUT2D eigenvalue weighted by Gasteiger charge is 2.45. The van der Waals surface area contributed by atoms with Crippen LogP contribution < -0.4 is 4.90 Å². The quantitative estimate of drug-likeness (QED) is 0.781. The summed E-state index contributed by atoms with van der Waals surface area (Å²) >= 11 is 3.50. The van der Waals surface area contributed by atoms with Crippen LogP contribution in [0.25, 0.3) is 0 Å². The number of nitrogens with zero attached hydrogens (tertiary/aromatic N) is 2. The van der Waals surface area contributed by atoms with E-state index in [0.29, 0.717) is 6.54 Å². The number of hydrogen-bond acceptors (Lipinski definition) is 2. The number of carbonyl (C=O) groups is 2. The molecule has 2 heterocycles. The summed E-state index contributed by atoms with van der Waals surface area (Å²) in [5.41, 5.74) is 1.91. The van der Waals surface area contributed by atoms with Gasteiger partial charge in [0.25, 0.3) is 5.91 Å². The predicted octanol–water partition coefficient (Wildman–Crippen LogP) is 2.87. The van der Waals surface area contributed by atoms with E-state index in [1.54, 1.807) is 9.80 Å². The predicted molar refractivity (Wildman–Crippen MR) is 85.2 cm³/mol. The number of rotatable bonds is 1. The lowest BCUT2D eigenvalue weighted by molar-refractivity contribution is -0.147. The molecule has 2 aliphatic rings. The van der Waals surface area contributed by atoms with Crippen molar-refractivity contribution in [2.24, 2.45) is 0 Å². The van der Waals surface area contributed by atoms with Gasteiger partial charge < -0.3 is 4.90 Å². The molecule has 0 radical (unpaired) electrons. The molecule has 0 aliphatic carbocycles. The molecule has 1 aromatic rings. The van der Waals surface area contributed by atoms with Gasteiger partial charge in [0.2, 0.25) is 5.91 Å². The Balaban J connectivity index is 1.99. The molecule has 2 saturated heterocycles. The maximum atomic E-state index is 12.8. The van der Waals surface area contributed by atoms with Crippen molar-refractivity contribution in [1.29, 1.82) is 0 Å². The number of carbonyl (C=O) groups excluding carboxylic acids is 2. The molecular formula is C16H19BrN2O2. The standard InChI is InChI=1S/C16H19BrN2O2/c1-10-6-7-12(9-13(10)17)19-11(2)15(20)18-8-4-3-5-14(18)16(19)21/h6-7,9,11,14H,3-5,8H2,1-2H3. The van der Waals surface area contributed by atoms with Crippen LogP contribution in [-0.4, -0.2) is 35.3 Å². The van der Waals surface area contributed by atoms with Crippen LogP contribution in [0.15, 0.2) is 22.7 Å². The van der Waals surface area contributed by atoms with Crippen LogP contribution >= 0.6 is 15.9 Å². The summed E-state index contributed by atoms with van der Waals surface area (Å²) in [5, 5.41) is 0. The molecule has 2 fully saturated rings. The summed E-state index contributed by atoms with van der Waals surface area (Å²) in [6, 6.07) is 5.11. The molecule has 112 valence electrons. The third-order valence-corrected chi connectivity index (χ3v) is 5.34. The van der Waals surface area contributed by atoms with Crippen LogP contribution in [0, 0.1) is 6.92 Å². The second-order valence-electron chi connectivity index (χ2n) is 5.86. The van der Waals surface area contributed by atoms with Crippen molar-refractivity contribution in [3.05, 3.63) is 28.2 Å². The first-order valence-electron chi connectivity index (χ1n) is 7.40. The number of anilines is 1. The van der Waals surface area contributed by atoms with E-state index in [4.69, 9.17) is 0 Å². The highest BCUT2D eigenvalue weighted by molar-refractivity contribution is 9.10. The van der Waals surface area contributed by atoms with Crippen molar-refractivity contribution >= 4 is 33.4 Å². The van der Waals surface area contributed by atoms with Gasteiger partial charge in [-0.25, -0.2) is 0 Å². The van der Waals surface area contributed by atoms with E-state index in [0.717, 1.165) is 35.0 Å². The minimum Gasteiger partial charge on any atom is -0.329 e. The molecule has 2 aliphatic heterocycles. The number of amides is 2. The van der Waals surface area contributed by atoms with Crippen molar-refractivity contribution < 1.29 is 9.59 Å². The van der Waals surface area contributed by atoms with E-state index < -0.39 is 6.04 Å². The Morgan fingerprint density at radius 2 is 1.95 bits per heavy atom. The third-order valence-electron chi connectivity index (χ3n) is 4.49. The van der Waals surface area contributed by atoms with Gasteiger partial charge in [0.05, 0.1) is 0 Å². The number of piperidine rings is 1. The molecule has 1 aromatic carbocycles. The molecule has 21 heavy (non-hydrogen) atoms. The summed E-state index contributed by atoms with van der Waals surface area (Å²) < 4.78 is 0.957. The largest absolute Gasteiger partial charge is 0.329 e. The number of benzene rings is 1. The third kappa shape index (κ3) is 2.37. The van der Waals surface area contributed by atoms with Gasteiger partial charge in [-0.3, -0.25) is 14.5 Å². The SMILES string of the molecule is Cc1ccc(N2C(=O)C3CCCCN3C(=O)C2C)cc1Br. The Morgan fingerprint density at radius 3 is 2.67 bits per heavy atom. The van der Waals surface area contributed by atoms with Crippen LogP contribution in [0.4, 0.5) is 5.69 Å². The van der Waals surface area contributed by atoms with Gasteiger partial charge in [0.1, 0.15) is 12.1 Å². The van der Waals surface area contributed by atoms with Crippen LogP contribution in [0.3, 0.4) is 0 Å². The number of halogens is 1. The maximum Gasteiger partial charge on any atom is 0.250 e. The first-order valence-corrected chi connectivity index (χ1v) is 8.19. The summed E-state index contributed by atoms with van der Waals surface area (Å²) in [5.74, 6) is 0.119. The fourth-order valence-corrected chi connectivity index (χ4v) is 3.60. The molecule has 5 heteroatoms. The fraction of sp³-hybridized carbons (Fsp3) is 0.500. The topological polar surface area (TPSA) is 40.6 Å². The van der Waals surface area contributed by atoms with Crippen molar-refractivity contribution in [3.8, 4) is 0 Å². The molecule has 0 spiro atoms. The fourth-order valence-electron chi connectivity index (χ4n) is 3.24. The van der Waals surface area contributed by atoms with Crippen molar-refractivity contribution in [2.75, 3.05) is 11.4 Å².